The first-order valence-corrected chi connectivity index (χ1v) is 12.8. The Morgan fingerprint density at radius 3 is 2.39 bits per heavy atom. The molecule has 2 aliphatic rings. The molecule has 5 rings (SSSR count). The summed E-state index contributed by atoms with van der Waals surface area (Å²) in [7, 11) is 1.62. The lowest BCUT2D eigenvalue weighted by atomic mass is 10.1. The topological polar surface area (TPSA) is 75.6 Å². The number of hydrogen-bond donors (Lipinski definition) is 0. The van der Waals surface area contributed by atoms with Crippen molar-refractivity contribution in [1.29, 1.82) is 0 Å². The predicted octanol–water partition coefficient (Wildman–Crippen LogP) is 6.53. The lowest BCUT2D eigenvalue weighted by Crippen LogP contribution is -2.17. The lowest BCUT2D eigenvalue weighted by molar-refractivity contribution is 0.0652. The molecule has 0 radical (unpaired) electrons. The Morgan fingerprint density at radius 2 is 1.78 bits per heavy atom. The van der Waals surface area contributed by atoms with Gasteiger partial charge < -0.3 is 18.9 Å². The minimum absolute atomic E-state index is 0.119. The number of methoxy groups -OCH3 is 1. The number of pyridine rings is 1. The average molecular weight is 492 g/mol. The number of ether oxygens (including phenoxy) is 4. The molecule has 1 saturated carbocycles. The van der Waals surface area contributed by atoms with E-state index < -0.39 is 0 Å². The molecule has 1 atom stereocenters. The van der Waals surface area contributed by atoms with Gasteiger partial charge in [-0.25, -0.2) is 4.98 Å². The van der Waals surface area contributed by atoms with E-state index in [1.54, 1.807) is 7.11 Å². The Bertz CT molecular complexity index is 1120. The molecule has 192 valence electrons. The second kappa shape index (κ2) is 12.2. The molecule has 3 aromatic rings. The zero-order valence-corrected chi connectivity index (χ0v) is 22.0. The van der Waals surface area contributed by atoms with Crippen LogP contribution in [0.25, 0.3) is 0 Å². The zero-order valence-electron chi connectivity index (χ0n) is 22.0. The van der Waals surface area contributed by atoms with Crippen LogP contribution < -0.4 is 14.2 Å². The van der Waals surface area contributed by atoms with Gasteiger partial charge in [-0.05, 0) is 69.2 Å². The van der Waals surface area contributed by atoms with Crippen LogP contribution in [0.2, 0.25) is 0 Å². The van der Waals surface area contributed by atoms with Crippen LogP contribution in [0.5, 0.6) is 23.1 Å². The lowest BCUT2D eigenvalue weighted by Gasteiger charge is -2.17. The van der Waals surface area contributed by atoms with Crippen LogP contribution in [-0.2, 0) is 4.74 Å². The Balaban J connectivity index is 0.000000256. The fourth-order valence-corrected chi connectivity index (χ4v) is 3.88. The largest absolute Gasteiger partial charge is 0.493 e. The third kappa shape index (κ3) is 6.94. The highest BCUT2D eigenvalue weighted by molar-refractivity contribution is 5.47. The maximum absolute atomic E-state index is 6.12. The molecule has 0 amide bonds. The molecule has 0 spiro atoms. The van der Waals surface area contributed by atoms with Gasteiger partial charge in [0.2, 0.25) is 5.75 Å². The molecule has 0 bridgehead atoms. The van der Waals surface area contributed by atoms with Gasteiger partial charge in [-0.1, -0.05) is 32.0 Å². The SMILES string of the molecule is COc1ccccc1Oc1c(C)nc(C2CC2)nc1OCC1CCCO1.Cc1ccc(C(C)C)cn1. The Hall–Kier alpha value is -3.19. The summed E-state index contributed by atoms with van der Waals surface area (Å²) < 4.78 is 23.2. The van der Waals surface area contributed by atoms with Gasteiger partial charge >= 0.3 is 0 Å². The standard InChI is InChI=1S/C20H24N2O4.C9H13N/c1-13-18(26-17-8-4-3-7-16(17)23-2)20(22-19(21-13)14-9-10-14)25-12-15-6-5-11-24-15;1-7(2)9-5-4-8(3)10-6-9/h3-4,7-8,14-15H,5-6,9-12H2,1-2H3;4-7H,1-3H3. The molecule has 1 aliphatic carbocycles. The smallest absolute Gasteiger partial charge is 0.261 e. The molecule has 1 saturated heterocycles. The molecule has 36 heavy (non-hydrogen) atoms. The van der Waals surface area contributed by atoms with Crippen LogP contribution in [0.1, 0.15) is 74.1 Å². The Morgan fingerprint density at radius 1 is 1.00 bits per heavy atom. The van der Waals surface area contributed by atoms with Gasteiger partial charge in [-0.2, -0.15) is 4.98 Å². The predicted molar refractivity (Wildman–Crippen MR) is 139 cm³/mol. The molecule has 1 aromatic carbocycles. The monoisotopic (exact) mass is 491 g/mol. The van der Waals surface area contributed by atoms with Crippen LogP contribution in [0.15, 0.2) is 42.6 Å². The third-order valence-electron chi connectivity index (χ3n) is 6.28. The number of aryl methyl sites for hydroxylation is 2. The van der Waals surface area contributed by atoms with Crippen LogP contribution >= 0.6 is 0 Å². The summed E-state index contributed by atoms with van der Waals surface area (Å²) in [5.41, 5.74) is 3.17. The van der Waals surface area contributed by atoms with E-state index in [0.717, 1.165) is 49.5 Å². The molecule has 7 heteroatoms. The minimum atomic E-state index is 0.119. The highest BCUT2D eigenvalue weighted by Gasteiger charge is 2.29. The van der Waals surface area contributed by atoms with Crippen molar-refractivity contribution in [2.75, 3.05) is 20.3 Å². The molecule has 0 N–H and O–H groups in total. The minimum Gasteiger partial charge on any atom is -0.493 e. The molecule has 2 aromatic heterocycles. The first-order valence-electron chi connectivity index (χ1n) is 12.8. The fourth-order valence-electron chi connectivity index (χ4n) is 3.88. The number of rotatable bonds is 8. The summed E-state index contributed by atoms with van der Waals surface area (Å²) in [6.07, 6.45) is 6.43. The van der Waals surface area contributed by atoms with Gasteiger partial charge in [0.1, 0.15) is 12.4 Å². The Labute approximate surface area is 214 Å². The van der Waals surface area contributed by atoms with Gasteiger partial charge in [-0.3, -0.25) is 4.98 Å². The summed E-state index contributed by atoms with van der Waals surface area (Å²) in [5.74, 6) is 4.17. The number of hydrogen-bond acceptors (Lipinski definition) is 7. The first kappa shape index (κ1) is 25.9. The van der Waals surface area contributed by atoms with Crippen molar-refractivity contribution in [3.8, 4) is 23.1 Å². The van der Waals surface area contributed by atoms with Crippen molar-refractivity contribution in [1.82, 2.24) is 15.0 Å². The van der Waals surface area contributed by atoms with Gasteiger partial charge in [0, 0.05) is 24.4 Å². The van der Waals surface area contributed by atoms with Crippen molar-refractivity contribution >= 4 is 0 Å². The van der Waals surface area contributed by atoms with Gasteiger partial charge in [0.05, 0.1) is 18.9 Å². The average Bonchev–Trinajstić information content (AvgIpc) is 3.60. The van der Waals surface area contributed by atoms with Crippen molar-refractivity contribution in [2.45, 2.75) is 71.3 Å². The van der Waals surface area contributed by atoms with Crippen molar-refractivity contribution in [3.05, 3.63) is 65.4 Å². The quantitative estimate of drug-likeness (QED) is 0.354. The number of para-hydroxylation sites is 2. The van der Waals surface area contributed by atoms with E-state index >= 15 is 0 Å². The fraction of sp³-hybridized carbons (Fsp3) is 0.483. The molecular weight excluding hydrogens is 454 g/mol. The van der Waals surface area contributed by atoms with E-state index in [9.17, 15) is 0 Å². The highest BCUT2D eigenvalue weighted by Crippen LogP contribution is 2.42. The summed E-state index contributed by atoms with van der Waals surface area (Å²) >= 11 is 0. The summed E-state index contributed by atoms with van der Waals surface area (Å²) in [6, 6.07) is 11.7. The van der Waals surface area contributed by atoms with Gasteiger partial charge in [-0.15, -0.1) is 0 Å². The van der Waals surface area contributed by atoms with E-state index in [1.165, 1.54) is 5.56 Å². The molecular formula is C29H37N3O4. The van der Waals surface area contributed by atoms with Crippen LogP contribution in [0.3, 0.4) is 0 Å². The van der Waals surface area contributed by atoms with Crippen LogP contribution in [0, 0.1) is 13.8 Å². The highest BCUT2D eigenvalue weighted by atomic mass is 16.6. The summed E-state index contributed by atoms with van der Waals surface area (Å²) in [6.45, 7) is 9.55. The molecule has 3 heterocycles. The van der Waals surface area contributed by atoms with E-state index in [-0.39, 0.29) is 6.10 Å². The summed E-state index contributed by atoms with van der Waals surface area (Å²) in [5, 5.41) is 0. The number of nitrogens with zero attached hydrogens (tertiary/aromatic N) is 3. The number of benzene rings is 1. The van der Waals surface area contributed by atoms with Gasteiger partial charge in [0.25, 0.3) is 5.88 Å². The molecule has 2 fully saturated rings. The second-order valence-electron chi connectivity index (χ2n) is 9.66. The molecule has 7 nitrogen and oxygen atoms in total. The van der Waals surface area contributed by atoms with E-state index in [0.29, 0.717) is 41.6 Å². The van der Waals surface area contributed by atoms with E-state index in [1.807, 2.05) is 44.3 Å². The molecule has 1 aliphatic heterocycles. The Kier molecular flexibility index (Phi) is 8.75. The van der Waals surface area contributed by atoms with Crippen LogP contribution in [0.4, 0.5) is 0 Å². The number of aromatic nitrogens is 3. The third-order valence-corrected chi connectivity index (χ3v) is 6.28. The summed E-state index contributed by atoms with van der Waals surface area (Å²) in [4.78, 5) is 13.5. The van der Waals surface area contributed by atoms with Crippen LogP contribution in [-0.4, -0.2) is 41.4 Å². The van der Waals surface area contributed by atoms with Crippen molar-refractivity contribution in [3.63, 3.8) is 0 Å². The zero-order chi connectivity index (χ0) is 25.5. The molecule has 1 unspecified atom stereocenters. The first-order chi connectivity index (χ1) is 17.4. The van der Waals surface area contributed by atoms with Crippen molar-refractivity contribution < 1.29 is 18.9 Å². The van der Waals surface area contributed by atoms with E-state index in [2.05, 4.69) is 40.9 Å². The van der Waals surface area contributed by atoms with Crippen molar-refractivity contribution in [2.24, 2.45) is 0 Å². The van der Waals surface area contributed by atoms with Gasteiger partial charge in [0.15, 0.2) is 11.5 Å². The maximum atomic E-state index is 6.12. The van der Waals surface area contributed by atoms with E-state index in [4.69, 9.17) is 18.9 Å². The second-order valence-corrected chi connectivity index (χ2v) is 9.66. The normalized spacial score (nSPS) is 16.9. The maximum Gasteiger partial charge on any atom is 0.261 e.